The van der Waals surface area contributed by atoms with Crippen LogP contribution in [0.3, 0.4) is 0 Å². The standard InChI is InChI=1S/C13H24N4O/c1-16(8-11-4-3-5-18-9-11)12(6-14)13-7-15-10-17(13)2/h7,10-12H,3-6,8-9,14H2,1-2H3. The van der Waals surface area contributed by atoms with Crippen LogP contribution in [0.2, 0.25) is 0 Å². The minimum absolute atomic E-state index is 0.236. The molecule has 1 aromatic heterocycles. The summed E-state index contributed by atoms with van der Waals surface area (Å²) in [6, 6.07) is 0.236. The van der Waals surface area contributed by atoms with Crippen molar-refractivity contribution in [2.75, 3.05) is 33.4 Å². The van der Waals surface area contributed by atoms with Crippen LogP contribution in [0.4, 0.5) is 0 Å². The van der Waals surface area contributed by atoms with E-state index < -0.39 is 0 Å². The Balaban J connectivity index is 1.97. The van der Waals surface area contributed by atoms with Crippen LogP contribution < -0.4 is 5.73 Å². The number of likely N-dealkylation sites (N-methyl/N-ethyl adjacent to an activating group) is 1. The third kappa shape index (κ3) is 3.10. The monoisotopic (exact) mass is 252 g/mol. The Morgan fingerprint density at radius 1 is 1.67 bits per heavy atom. The van der Waals surface area contributed by atoms with E-state index in [2.05, 4.69) is 16.9 Å². The lowest BCUT2D eigenvalue weighted by Crippen LogP contribution is -2.37. The first-order chi connectivity index (χ1) is 8.72. The number of nitrogens with two attached hydrogens (primary N) is 1. The van der Waals surface area contributed by atoms with Crippen molar-refractivity contribution in [2.45, 2.75) is 18.9 Å². The molecule has 2 heterocycles. The Morgan fingerprint density at radius 3 is 3.06 bits per heavy atom. The summed E-state index contributed by atoms with van der Waals surface area (Å²) < 4.78 is 7.58. The molecule has 18 heavy (non-hydrogen) atoms. The lowest BCUT2D eigenvalue weighted by molar-refractivity contribution is 0.0361. The SMILES string of the molecule is CN(CC1CCCOC1)C(CN)c1cncn1C. The number of hydrogen-bond donors (Lipinski definition) is 1. The molecule has 0 spiro atoms. The quantitative estimate of drug-likeness (QED) is 0.841. The zero-order valence-corrected chi connectivity index (χ0v) is 11.4. The molecule has 0 radical (unpaired) electrons. The summed E-state index contributed by atoms with van der Waals surface area (Å²) >= 11 is 0. The first-order valence-corrected chi connectivity index (χ1v) is 6.66. The Morgan fingerprint density at radius 2 is 2.50 bits per heavy atom. The van der Waals surface area contributed by atoms with Crippen molar-refractivity contribution in [1.82, 2.24) is 14.5 Å². The zero-order valence-electron chi connectivity index (χ0n) is 11.4. The van der Waals surface area contributed by atoms with Gasteiger partial charge >= 0.3 is 0 Å². The van der Waals surface area contributed by atoms with Gasteiger partial charge in [-0.15, -0.1) is 0 Å². The number of nitrogens with zero attached hydrogens (tertiary/aromatic N) is 3. The van der Waals surface area contributed by atoms with E-state index in [-0.39, 0.29) is 6.04 Å². The van der Waals surface area contributed by atoms with Gasteiger partial charge in [-0.05, 0) is 25.8 Å². The minimum atomic E-state index is 0.236. The summed E-state index contributed by atoms with van der Waals surface area (Å²) in [6.07, 6.45) is 6.17. The van der Waals surface area contributed by atoms with Gasteiger partial charge in [0.15, 0.2) is 0 Å². The molecule has 1 aliphatic rings. The molecular formula is C13H24N4O. The van der Waals surface area contributed by atoms with E-state index in [4.69, 9.17) is 10.5 Å². The maximum Gasteiger partial charge on any atom is 0.0946 e. The summed E-state index contributed by atoms with van der Waals surface area (Å²) in [5.41, 5.74) is 7.10. The fourth-order valence-electron chi connectivity index (χ4n) is 2.70. The van der Waals surface area contributed by atoms with Crippen molar-refractivity contribution >= 4 is 0 Å². The summed E-state index contributed by atoms with van der Waals surface area (Å²) in [5, 5.41) is 0. The Hall–Kier alpha value is -0.910. The molecule has 2 unspecified atom stereocenters. The average Bonchev–Trinajstić information content (AvgIpc) is 2.78. The summed E-state index contributed by atoms with van der Waals surface area (Å²) in [7, 11) is 4.15. The van der Waals surface area contributed by atoms with Gasteiger partial charge in [-0.3, -0.25) is 4.90 Å². The van der Waals surface area contributed by atoms with E-state index >= 15 is 0 Å². The van der Waals surface area contributed by atoms with Crippen LogP contribution in [0.15, 0.2) is 12.5 Å². The third-order valence-corrected chi connectivity index (χ3v) is 3.75. The topological polar surface area (TPSA) is 56.3 Å². The summed E-state index contributed by atoms with van der Waals surface area (Å²) in [6.45, 7) is 3.45. The van der Waals surface area contributed by atoms with Crippen molar-refractivity contribution in [3.63, 3.8) is 0 Å². The van der Waals surface area contributed by atoms with Crippen molar-refractivity contribution in [2.24, 2.45) is 18.7 Å². The van der Waals surface area contributed by atoms with Gasteiger partial charge in [-0.25, -0.2) is 4.98 Å². The maximum absolute atomic E-state index is 5.92. The van der Waals surface area contributed by atoms with Gasteiger partial charge in [0.05, 0.1) is 24.7 Å². The lowest BCUT2D eigenvalue weighted by atomic mass is 10.0. The molecule has 102 valence electrons. The van der Waals surface area contributed by atoms with E-state index in [0.717, 1.165) is 19.8 Å². The highest BCUT2D eigenvalue weighted by Crippen LogP contribution is 2.21. The van der Waals surface area contributed by atoms with Crippen LogP contribution in [0.1, 0.15) is 24.6 Å². The fraction of sp³-hybridized carbons (Fsp3) is 0.769. The van der Waals surface area contributed by atoms with Crippen LogP contribution >= 0.6 is 0 Å². The number of rotatable bonds is 5. The smallest absolute Gasteiger partial charge is 0.0946 e. The van der Waals surface area contributed by atoms with Gasteiger partial charge in [0.25, 0.3) is 0 Å². The van der Waals surface area contributed by atoms with Crippen LogP contribution in [-0.4, -0.2) is 47.8 Å². The number of imidazole rings is 1. The van der Waals surface area contributed by atoms with Gasteiger partial charge in [0.2, 0.25) is 0 Å². The molecule has 0 saturated carbocycles. The first-order valence-electron chi connectivity index (χ1n) is 6.66. The number of ether oxygens (including phenoxy) is 1. The molecule has 1 aliphatic heterocycles. The molecule has 0 bridgehead atoms. The highest BCUT2D eigenvalue weighted by atomic mass is 16.5. The highest BCUT2D eigenvalue weighted by molar-refractivity contribution is 5.05. The van der Waals surface area contributed by atoms with Crippen LogP contribution in [0, 0.1) is 5.92 Å². The van der Waals surface area contributed by atoms with Crippen molar-refractivity contribution in [3.8, 4) is 0 Å². The molecule has 0 aliphatic carbocycles. The third-order valence-electron chi connectivity index (χ3n) is 3.75. The van der Waals surface area contributed by atoms with Crippen molar-refractivity contribution in [1.29, 1.82) is 0 Å². The molecule has 1 saturated heterocycles. The normalized spacial score (nSPS) is 22.3. The number of aromatic nitrogens is 2. The molecule has 1 aromatic rings. The molecule has 0 amide bonds. The summed E-state index contributed by atoms with van der Waals surface area (Å²) in [4.78, 5) is 6.51. The fourth-order valence-corrected chi connectivity index (χ4v) is 2.70. The predicted octanol–water partition coefficient (Wildman–Crippen LogP) is 0.778. The predicted molar refractivity (Wildman–Crippen MR) is 71.2 cm³/mol. The summed E-state index contributed by atoms with van der Waals surface area (Å²) in [5.74, 6) is 0.631. The lowest BCUT2D eigenvalue weighted by Gasteiger charge is -2.32. The number of aryl methyl sites for hydroxylation is 1. The van der Waals surface area contributed by atoms with Gasteiger partial charge in [-0.1, -0.05) is 0 Å². The minimum Gasteiger partial charge on any atom is -0.381 e. The van der Waals surface area contributed by atoms with Crippen LogP contribution in [0.25, 0.3) is 0 Å². The molecule has 5 nitrogen and oxygen atoms in total. The molecule has 5 heteroatoms. The maximum atomic E-state index is 5.92. The van der Waals surface area contributed by atoms with E-state index in [1.165, 1.54) is 18.5 Å². The van der Waals surface area contributed by atoms with Crippen molar-refractivity contribution < 1.29 is 4.74 Å². The second kappa shape index (κ2) is 6.31. The van der Waals surface area contributed by atoms with E-state index in [0.29, 0.717) is 12.5 Å². The van der Waals surface area contributed by atoms with Gasteiger partial charge in [0.1, 0.15) is 0 Å². The molecule has 2 rings (SSSR count). The second-order valence-electron chi connectivity index (χ2n) is 5.20. The Kier molecular flexibility index (Phi) is 4.74. The van der Waals surface area contributed by atoms with Crippen LogP contribution in [-0.2, 0) is 11.8 Å². The largest absolute Gasteiger partial charge is 0.381 e. The van der Waals surface area contributed by atoms with E-state index in [1.807, 2.05) is 24.1 Å². The molecule has 2 atom stereocenters. The van der Waals surface area contributed by atoms with Gasteiger partial charge < -0.3 is 15.0 Å². The highest BCUT2D eigenvalue weighted by Gasteiger charge is 2.22. The van der Waals surface area contributed by atoms with Gasteiger partial charge in [-0.2, -0.15) is 0 Å². The Labute approximate surface area is 109 Å². The average molecular weight is 252 g/mol. The molecular weight excluding hydrogens is 228 g/mol. The van der Waals surface area contributed by atoms with Gasteiger partial charge in [0, 0.05) is 32.9 Å². The van der Waals surface area contributed by atoms with E-state index in [1.54, 1.807) is 0 Å². The molecule has 1 fully saturated rings. The first kappa shape index (κ1) is 13.5. The van der Waals surface area contributed by atoms with Crippen molar-refractivity contribution in [3.05, 3.63) is 18.2 Å². The Bertz CT molecular complexity index is 360. The van der Waals surface area contributed by atoms with Crippen LogP contribution in [0.5, 0.6) is 0 Å². The molecule has 0 aromatic carbocycles. The van der Waals surface area contributed by atoms with E-state index in [9.17, 15) is 0 Å². The molecule has 2 N–H and O–H groups in total. The zero-order chi connectivity index (χ0) is 13.0. The second-order valence-corrected chi connectivity index (χ2v) is 5.20. The number of hydrogen-bond acceptors (Lipinski definition) is 4.